The van der Waals surface area contributed by atoms with Crippen LogP contribution in [0, 0.1) is 5.92 Å². The lowest BCUT2D eigenvalue weighted by Gasteiger charge is -2.40. The number of ether oxygens (including phenoxy) is 2. The maximum atomic E-state index is 13.2. The Kier molecular flexibility index (Phi) is 8.03. The van der Waals surface area contributed by atoms with Gasteiger partial charge < -0.3 is 19.5 Å². The van der Waals surface area contributed by atoms with E-state index in [0.717, 1.165) is 12.0 Å². The zero-order valence-electron chi connectivity index (χ0n) is 18.2. The number of carboxylic acid groups (broad SMARTS) is 1. The fourth-order valence-corrected chi connectivity index (χ4v) is 4.47. The lowest BCUT2D eigenvalue weighted by molar-refractivity contribution is -0.157. The van der Waals surface area contributed by atoms with Gasteiger partial charge in [-0.25, -0.2) is 4.79 Å². The van der Waals surface area contributed by atoms with Crippen LogP contribution in [0.3, 0.4) is 0 Å². The summed E-state index contributed by atoms with van der Waals surface area (Å²) in [5.74, 6) is -1.58. The molecule has 2 N–H and O–H groups in total. The molecule has 4 unspecified atom stereocenters. The van der Waals surface area contributed by atoms with E-state index in [4.69, 9.17) is 9.47 Å². The fourth-order valence-electron chi connectivity index (χ4n) is 4.47. The topological polar surface area (TPSA) is 105 Å². The number of likely N-dealkylation sites (tertiary alicyclic amines) is 1. The summed E-state index contributed by atoms with van der Waals surface area (Å²) in [6, 6.07) is 7.52. The van der Waals surface area contributed by atoms with E-state index in [1.807, 2.05) is 30.3 Å². The largest absolute Gasteiger partial charge is 0.480 e. The molecule has 1 amide bonds. The van der Waals surface area contributed by atoms with Gasteiger partial charge in [0.15, 0.2) is 0 Å². The Morgan fingerprint density at radius 3 is 2.71 bits per heavy atom. The van der Waals surface area contributed by atoms with Gasteiger partial charge in [0, 0.05) is 13.2 Å². The number of rotatable bonds is 9. The maximum Gasteiger partial charge on any atom is 0.326 e. The van der Waals surface area contributed by atoms with Crippen molar-refractivity contribution in [3.63, 3.8) is 0 Å². The number of benzene rings is 1. The summed E-state index contributed by atoms with van der Waals surface area (Å²) in [4.78, 5) is 38.9. The molecule has 5 atom stereocenters. The Balaban J connectivity index is 1.67. The minimum absolute atomic E-state index is 0.120. The number of nitrogens with one attached hydrogen (secondary N) is 1. The second-order valence-electron chi connectivity index (χ2n) is 8.26. The number of carbonyl (C=O) groups is 3. The summed E-state index contributed by atoms with van der Waals surface area (Å²) in [6.07, 6.45) is 2.22. The molecule has 8 heteroatoms. The third kappa shape index (κ3) is 5.83. The molecule has 0 bridgehead atoms. The van der Waals surface area contributed by atoms with Crippen LogP contribution in [-0.2, 0) is 30.3 Å². The van der Waals surface area contributed by atoms with Gasteiger partial charge >= 0.3 is 11.9 Å². The maximum absolute atomic E-state index is 13.2. The van der Waals surface area contributed by atoms with Gasteiger partial charge in [-0.15, -0.1) is 0 Å². The van der Waals surface area contributed by atoms with E-state index in [1.54, 1.807) is 13.8 Å². The number of aryl methyl sites for hydroxylation is 1. The fraction of sp³-hybridized carbons (Fsp3) is 0.609. The Morgan fingerprint density at radius 1 is 1.29 bits per heavy atom. The van der Waals surface area contributed by atoms with Gasteiger partial charge in [-0.3, -0.25) is 14.9 Å². The zero-order chi connectivity index (χ0) is 22.4. The molecule has 1 aromatic rings. The summed E-state index contributed by atoms with van der Waals surface area (Å²) in [7, 11) is 0. The first-order valence-electron chi connectivity index (χ1n) is 11.0. The van der Waals surface area contributed by atoms with Gasteiger partial charge in [0.05, 0.1) is 18.8 Å². The molecular formula is C23H32N2O6. The Labute approximate surface area is 182 Å². The van der Waals surface area contributed by atoms with Gasteiger partial charge in [-0.2, -0.15) is 0 Å². The first-order valence-corrected chi connectivity index (χ1v) is 11.0. The van der Waals surface area contributed by atoms with E-state index in [9.17, 15) is 19.5 Å². The second kappa shape index (κ2) is 10.7. The predicted molar refractivity (Wildman–Crippen MR) is 113 cm³/mol. The first-order chi connectivity index (χ1) is 14.9. The smallest absolute Gasteiger partial charge is 0.326 e. The number of esters is 1. The summed E-state index contributed by atoms with van der Waals surface area (Å²) in [6.45, 7) is 4.52. The molecule has 0 saturated carbocycles. The monoisotopic (exact) mass is 432 g/mol. The van der Waals surface area contributed by atoms with Gasteiger partial charge in [0.25, 0.3) is 0 Å². The summed E-state index contributed by atoms with van der Waals surface area (Å²) in [5.41, 5.74) is 1.09. The summed E-state index contributed by atoms with van der Waals surface area (Å²) < 4.78 is 10.9. The van der Waals surface area contributed by atoms with Crippen LogP contribution in [0.5, 0.6) is 0 Å². The standard InChI is InChI=1S/C23H32N2O6/c1-3-30-23(29)18(10-9-16-7-5-4-6-8-16)24-15(2)21(26)25-14-20-17(11-12-31-20)13-19(25)22(27)28/h4-8,15,17-20,24H,3,9-14H2,1-2H3,(H,27,28)/t15-,17?,18?,19?,20?/m0/s1. The zero-order valence-corrected chi connectivity index (χ0v) is 18.2. The van der Waals surface area contributed by atoms with Gasteiger partial charge in [-0.1, -0.05) is 30.3 Å². The van der Waals surface area contributed by atoms with Crippen molar-refractivity contribution in [2.75, 3.05) is 19.8 Å². The number of fused-ring (bicyclic) bond motifs is 1. The van der Waals surface area contributed by atoms with Crippen LogP contribution >= 0.6 is 0 Å². The number of nitrogens with zero attached hydrogens (tertiary/aromatic N) is 1. The molecule has 0 spiro atoms. The molecule has 0 aliphatic carbocycles. The summed E-state index contributed by atoms with van der Waals surface area (Å²) in [5, 5.41) is 12.8. The molecule has 2 heterocycles. The number of carboxylic acids is 1. The molecular weight excluding hydrogens is 400 g/mol. The normalized spacial score (nSPS) is 24.8. The second-order valence-corrected chi connectivity index (χ2v) is 8.26. The van der Waals surface area contributed by atoms with Crippen molar-refractivity contribution in [1.82, 2.24) is 10.2 Å². The Bertz CT molecular complexity index is 771. The van der Waals surface area contributed by atoms with Crippen LogP contribution < -0.4 is 5.32 Å². The lowest BCUT2D eigenvalue weighted by atomic mass is 9.87. The number of aliphatic carboxylic acids is 1. The van der Waals surface area contributed by atoms with E-state index in [0.29, 0.717) is 25.9 Å². The van der Waals surface area contributed by atoms with Crippen molar-refractivity contribution >= 4 is 17.8 Å². The molecule has 3 rings (SSSR count). The quantitative estimate of drug-likeness (QED) is 0.571. The molecule has 2 aliphatic heterocycles. The van der Waals surface area contributed by atoms with Crippen molar-refractivity contribution in [1.29, 1.82) is 0 Å². The molecule has 0 radical (unpaired) electrons. The highest BCUT2D eigenvalue weighted by Gasteiger charge is 2.45. The molecule has 1 aromatic carbocycles. The van der Waals surface area contributed by atoms with Crippen LogP contribution in [-0.4, -0.2) is 71.8 Å². The molecule has 2 saturated heterocycles. The van der Waals surface area contributed by atoms with Crippen LogP contribution in [0.2, 0.25) is 0 Å². The van der Waals surface area contributed by atoms with E-state index >= 15 is 0 Å². The minimum Gasteiger partial charge on any atom is -0.480 e. The lowest BCUT2D eigenvalue weighted by Crippen LogP contribution is -2.59. The van der Waals surface area contributed by atoms with Crippen LogP contribution in [0.25, 0.3) is 0 Å². The summed E-state index contributed by atoms with van der Waals surface area (Å²) >= 11 is 0. The van der Waals surface area contributed by atoms with Crippen molar-refractivity contribution < 1.29 is 29.0 Å². The Morgan fingerprint density at radius 2 is 2.03 bits per heavy atom. The molecule has 170 valence electrons. The number of hydrogen-bond acceptors (Lipinski definition) is 6. The molecule has 2 aliphatic rings. The average Bonchev–Trinajstić information content (AvgIpc) is 3.23. The highest BCUT2D eigenvalue weighted by atomic mass is 16.5. The SMILES string of the molecule is CCOC(=O)C(CCc1ccccc1)N[C@@H](C)C(=O)N1CC2OCCC2CC1C(=O)O. The Hall–Kier alpha value is -2.45. The van der Waals surface area contributed by atoms with Gasteiger partial charge in [0.1, 0.15) is 12.1 Å². The molecule has 8 nitrogen and oxygen atoms in total. The van der Waals surface area contributed by atoms with Gasteiger partial charge in [-0.05, 0) is 51.0 Å². The third-order valence-electron chi connectivity index (χ3n) is 6.15. The van der Waals surface area contributed by atoms with Crippen LogP contribution in [0.4, 0.5) is 0 Å². The van der Waals surface area contributed by atoms with Crippen LogP contribution in [0.15, 0.2) is 30.3 Å². The molecule has 2 fully saturated rings. The number of amides is 1. The first kappa shape index (κ1) is 23.2. The van der Waals surface area contributed by atoms with E-state index in [-0.39, 0.29) is 31.1 Å². The molecule has 31 heavy (non-hydrogen) atoms. The van der Waals surface area contributed by atoms with Crippen molar-refractivity contribution in [2.24, 2.45) is 5.92 Å². The van der Waals surface area contributed by atoms with Crippen molar-refractivity contribution in [2.45, 2.75) is 63.8 Å². The molecule has 0 aromatic heterocycles. The average molecular weight is 433 g/mol. The van der Waals surface area contributed by atoms with E-state index in [2.05, 4.69) is 5.32 Å². The van der Waals surface area contributed by atoms with Crippen LogP contribution in [0.1, 0.15) is 38.7 Å². The van der Waals surface area contributed by atoms with Crippen molar-refractivity contribution in [3.05, 3.63) is 35.9 Å². The minimum atomic E-state index is -1.00. The number of piperidine rings is 1. The third-order valence-corrected chi connectivity index (χ3v) is 6.15. The van der Waals surface area contributed by atoms with E-state index < -0.39 is 30.1 Å². The highest BCUT2D eigenvalue weighted by Crippen LogP contribution is 2.33. The predicted octanol–water partition coefficient (Wildman–Crippen LogP) is 1.62. The van der Waals surface area contributed by atoms with Gasteiger partial charge in [0.2, 0.25) is 5.91 Å². The van der Waals surface area contributed by atoms with Crippen molar-refractivity contribution in [3.8, 4) is 0 Å². The number of hydrogen-bond donors (Lipinski definition) is 2. The highest BCUT2D eigenvalue weighted by molar-refractivity contribution is 5.88. The number of carbonyl (C=O) groups excluding carboxylic acids is 2. The van der Waals surface area contributed by atoms with E-state index in [1.165, 1.54) is 4.90 Å².